The van der Waals surface area contributed by atoms with Gasteiger partial charge in [0.1, 0.15) is 11.6 Å². The number of rotatable bonds is 8. The van der Waals surface area contributed by atoms with Crippen LogP contribution in [0.25, 0.3) is 0 Å². The molecule has 4 N–H and O–H groups in total. The Bertz CT molecular complexity index is 1170. The number of pyridine rings is 1. The molecule has 13 heteroatoms. The van der Waals surface area contributed by atoms with E-state index in [0.29, 0.717) is 21.7 Å². The van der Waals surface area contributed by atoms with Gasteiger partial charge in [0.25, 0.3) is 11.1 Å². The normalized spacial score (nSPS) is 10.6. The van der Waals surface area contributed by atoms with Gasteiger partial charge < -0.3 is 20.6 Å². The van der Waals surface area contributed by atoms with Gasteiger partial charge in [-0.25, -0.2) is 15.0 Å². The molecule has 0 aliphatic rings. The van der Waals surface area contributed by atoms with Crippen LogP contribution in [0.15, 0.2) is 50.2 Å². The van der Waals surface area contributed by atoms with Gasteiger partial charge in [0.15, 0.2) is 10.3 Å². The van der Waals surface area contributed by atoms with E-state index in [1.807, 2.05) is 0 Å². The summed E-state index contributed by atoms with van der Waals surface area (Å²) in [6, 6.07) is 7.53. The van der Waals surface area contributed by atoms with E-state index in [-0.39, 0.29) is 46.1 Å². The van der Waals surface area contributed by atoms with Crippen molar-refractivity contribution in [2.75, 3.05) is 22.1 Å². The van der Waals surface area contributed by atoms with Crippen molar-refractivity contribution in [3.8, 4) is 0 Å². The molecule has 0 radical (unpaired) electrons. The van der Waals surface area contributed by atoms with Crippen molar-refractivity contribution in [2.24, 2.45) is 0 Å². The van der Waals surface area contributed by atoms with Gasteiger partial charge in [-0.1, -0.05) is 29.6 Å². The summed E-state index contributed by atoms with van der Waals surface area (Å²) in [5.74, 6) is -0.139. The molecule has 0 fully saturated rings. The molecular formula is C19H19N7O4S2. The summed E-state index contributed by atoms with van der Waals surface area (Å²) in [6.07, 6.45) is 0. The first-order valence-electron chi connectivity index (χ1n) is 9.25. The van der Waals surface area contributed by atoms with Crippen LogP contribution in [0.3, 0.4) is 0 Å². The molecule has 0 unspecified atom stereocenters. The third-order valence-corrected chi connectivity index (χ3v) is 5.41. The first-order valence-corrected chi connectivity index (χ1v) is 11.2. The number of H-pyrrole nitrogens is 2. The number of hydrogen-bond acceptors (Lipinski definition) is 9. The number of thioether (sulfide) groups is 2. The Morgan fingerprint density at radius 3 is 1.66 bits per heavy atom. The summed E-state index contributed by atoms with van der Waals surface area (Å²) in [7, 11) is 0. The highest BCUT2D eigenvalue weighted by atomic mass is 32.2. The molecule has 0 bridgehead atoms. The number of carbonyl (C=O) groups is 2. The minimum atomic E-state index is -0.347. The average Bonchev–Trinajstić information content (AvgIpc) is 2.70. The van der Waals surface area contributed by atoms with Crippen LogP contribution in [0.2, 0.25) is 0 Å². The molecule has 3 aromatic rings. The van der Waals surface area contributed by atoms with E-state index in [1.165, 1.54) is 12.1 Å². The lowest BCUT2D eigenvalue weighted by molar-refractivity contribution is -0.114. The largest absolute Gasteiger partial charge is 0.310 e. The standard InChI is InChI=1S/C19H19N7O4S2/c1-10-6-14(27)25-18(20-10)31-8-16(29)23-12-4-3-5-13(22-12)24-17(30)9-32-19-21-11(2)7-15(28)26-19/h3-7H,8-9H2,1-2H3,(H,20,25,27)(H,21,26,28)(H2,22,23,24,29,30). The molecule has 3 rings (SSSR count). The summed E-state index contributed by atoms with van der Waals surface area (Å²) >= 11 is 2.17. The maximum atomic E-state index is 12.2. The monoisotopic (exact) mass is 473 g/mol. The Morgan fingerprint density at radius 1 is 0.812 bits per heavy atom. The number of hydrogen-bond donors (Lipinski definition) is 4. The van der Waals surface area contributed by atoms with E-state index in [9.17, 15) is 19.2 Å². The van der Waals surface area contributed by atoms with Gasteiger partial charge in [-0.15, -0.1) is 0 Å². The fourth-order valence-electron chi connectivity index (χ4n) is 2.44. The third kappa shape index (κ3) is 7.35. The summed E-state index contributed by atoms with van der Waals surface area (Å²) in [6.45, 7) is 3.39. The quantitative estimate of drug-likeness (QED) is 0.279. The van der Waals surface area contributed by atoms with Crippen LogP contribution in [0.5, 0.6) is 0 Å². The van der Waals surface area contributed by atoms with Gasteiger partial charge >= 0.3 is 0 Å². The molecule has 166 valence electrons. The highest BCUT2D eigenvalue weighted by Gasteiger charge is 2.10. The lowest BCUT2D eigenvalue weighted by Gasteiger charge is -2.08. The molecule has 0 atom stereocenters. The zero-order valence-electron chi connectivity index (χ0n) is 17.1. The molecular weight excluding hydrogens is 454 g/mol. The van der Waals surface area contributed by atoms with Gasteiger partial charge in [-0.2, -0.15) is 0 Å². The Labute approximate surface area is 190 Å². The SMILES string of the molecule is Cc1cc(=O)[nH]c(SCC(=O)Nc2cccc(NC(=O)CSc3nc(C)cc(=O)[nH]3)n2)n1. The van der Waals surface area contributed by atoms with E-state index in [4.69, 9.17) is 0 Å². The number of anilines is 2. The predicted octanol–water partition coefficient (Wildman–Crippen LogP) is 1.33. The summed E-state index contributed by atoms with van der Waals surface area (Å²) in [4.78, 5) is 64.9. The lowest BCUT2D eigenvalue weighted by atomic mass is 10.4. The third-order valence-electron chi connectivity index (χ3n) is 3.66. The maximum Gasteiger partial charge on any atom is 0.251 e. The maximum absolute atomic E-state index is 12.2. The van der Waals surface area contributed by atoms with E-state index >= 15 is 0 Å². The Balaban J connectivity index is 1.51. The van der Waals surface area contributed by atoms with Crippen molar-refractivity contribution in [1.82, 2.24) is 24.9 Å². The van der Waals surface area contributed by atoms with E-state index in [1.54, 1.807) is 32.0 Å². The summed E-state index contributed by atoms with van der Waals surface area (Å²) in [5.41, 5.74) is 0.551. The van der Waals surface area contributed by atoms with Crippen LogP contribution in [0.4, 0.5) is 11.6 Å². The molecule has 0 saturated carbocycles. The van der Waals surface area contributed by atoms with Gasteiger partial charge in [-0.3, -0.25) is 19.2 Å². The fourth-order valence-corrected chi connectivity index (χ4v) is 3.88. The van der Waals surface area contributed by atoms with Crippen molar-refractivity contribution < 1.29 is 9.59 Å². The van der Waals surface area contributed by atoms with E-state index < -0.39 is 0 Å². The van der Waals surface area contributed by atoms with Crippen molar-refractivity contribution in [3.63, 3.8) is 0 Å². The lowest BCUT2D eigenvalue weighted by Crippen LogP contribution is -2.18. The molecule has 0 aliphatic carbocycles. The zero-order valence-corrected chi connectivity index (χ0v) is 18.7. The Hall–Kier alpha value is -3.45. The molecule has 0 spiro atoms. The number of nitrogens with one attached hydrogen (secondary N) is 4. The van der Waals surface area contributed by atoms with Crippen molar-refractivity contribution >= 4 is 47.0 Å². The molecule has 3 aromatic heterocycles. The van der Waals surface area contributed by atoms with Gasteiger partial charge in [-0.05, 0) is 26.0 Å². The van der Waals surface area contributed by atoms with Crippen LogP contribution in [-0.4, -0.2) is 48.2 Å². The molecule has 0 saturated heterocycles. The molecule has 0 aliphatic heterocycles. The van der Waals surface area contributed by atoms with Crippen molar-refractivity contribution in [1.29, 1.82) is 0 Å². The van der Waals surface area contributed by atoms with Crippen LogP contribution in [0, 0.1) is 13.8 Å². The van der Waals surface area contributed by atoms with Crippen LogP contribution in [-0.2, 0) is 9.59 Å². The number of aromatic nitrogens is 5. The minimum Gasteiger partial charge on any atom is -0.310 e. The summed E-state index contributed by atoms with van der Waals surface area (Å²) in [5, 5.41) is 5.95. The Morgan fingerprint density at radius 2 is 1.25 bits per heavy atom. The second-order valence-electron chi connectivity index (χ2n) is 6.47. The number of carbonyl (C=O) groups excluding carboxylic acids is 2. The fraction of sp³-hybridized carbons (Fsp3) is 0.211. The van der Waals surface area contributed by atoms with Crippen LogP contribution >= 0.6 is 23.5 Å². The first-order chi connectivity index (χ1) is 15.3. The van der Waals surface area contributed by atoms with Gasteiger partial charge in [0, 0.05) is 23.5 Å². The summed E-state index contributed by atoms with van der Waals surface area (Å²) < 4.78 is 0. The Kier molecular flexibility index (Phi) is 7.78. The zero-order chi connectivity index (χ0) is 23.1. The second-order valence-corrected chi connectivity index (χ2v) is 8.39. The van der Waals surface area contributed by atoms with E-state index in [2.05, 4.69) is 35.6 Å². The molecule has 3 heterocycles. The number of aromatic amines is 2. The number of amides is 2. The van der Waals surface area contributed by atoms with Crippen molar-refractivity contribution in [3.05, 3.63) is 62.4 Å². The number of nitrogens with zero attached hydrogens (tertiary/aromatic N) is 3. The predicted molar refractivity (Wildman–Crippen MR) is 122 cm³/mol. The first kappa shape index (κ1) is 23.2. The van der Waals surface area contributed by atoms with Crippen molar-refractivity contribution in [2.45, 2.75) is 24.2 Å². The van der Waals surface area contributed by atoms with E-state index in [0.717, 1.165) is 23.5 Å². The minimum absolute atomic E-state index is 0.0169. The second kappa shape index (κ2) is 10.7. The highest BCUT2D eigenvalue weighted by molar-refractivity contribution is 8.00. The highest BCUT2D eigenvalue weighted by Crippen LogP contribution is 2.15. The molecule has 11 nitrogen and oxygen atoms in total. The molecule has 0 aromatic carbocycles. The van der Waals surface area contributed by atoms with Crippen LogP contribution in [0.1, 0.15) is 11.4 Å². The van der Waals surface area contributed by atoms with Crippen LogP contribution < -0.4 is 21.8 Å². The molecule has 32 heavy (non-hydrogen) atoms. The molecule has 2 amide bonds. The topological polar surface area (TPSA) is 163 Å². The van der Waals surface area contributed by atoms with Gasteiger partial charge in [0.05, 0.1) is 11.5 Å². The smallest absolute Gasteiger partial charge is 0.251 e. The number of aryl methyl sites for hydroxylation is 2. The van der Waals surface area contributed by atoms with Gasteiger partial charge in [0.2, 0.25) is 11.8 Å². The average molecular weight is 474 g/mol.